The number of benzene rings is 2. The summed E-state index contributed by atoms with van der Waals surface area (Å²) >= 11 is 1.72. The molecule has 3 aromatic rings. The smallest absolute Gasteiger partial charge is 0.240 e. The van der Waals surface area contributed by atoms with E-state index in [0.717, 1.165) is 35.2 Å². The SMILES string of the molecule is O=C(Nc1ccc(F)cc1)C1(C(=O)Nc2ccc(Oc3ccnc4c3SCCCN4)cc2)CC1. The van der Waals surface area contributed by atoms with Gasteiger partial charge in [0.2, 0.25) is 11.8 Å². The molecule has 2 heterocycles. The Hall–Kier alpha value is -3.59. The van der Waals surface area contributed by atoms with Crippen LogP contribution in [0.25, 0.3) is 0 Å². The lowest BCUT2D eigenvalue weighted by Gasteiger charge is -2.16. The molecule has 34 heavy (non-hydrogen) atoms. The number of anilines is 3. The molecule has 0 radical (unpaired) electrons. The maximum Gasteiger partial charge on any atom is 0.240 e. The van der Waals surface area contributed by atoms with Gasteiger partial charge in [-0.1, -0.05) is 0 Å². The third kappa shape index (κ3) is 4.70. The number of rotatable bonds is 6. The van der Waals surface area contributed by atoms with Crippen molar-refractivity contribution in [3.63, 3.8) is 0 Å². The van der Waals surface area contributed by atoms with Crippen molar-refractivity contribution < 1.29 is 18.7 Å². The van der Waals surface area contributed by atoms with E-state index < -0.39 is 5.41 Å². The molecule has 0 saturated heterocycles. The van der Waals surface area contributed by atoms with Crippen LogP contribution in [-0.4, -0.2) is 29.1 Å². The highest BCUT2D eigenvalue weighted by Crippen LogP contribution is 2.47. The number of nitrogens with one attached hydrogen (secondary N) is 3. The third-order valence-electron chi connectivity index (χ3n) is 5.79. The summed E-state index contributed by atoms with van der Waals surface area (Å²) in [6.45, 7) is 0.883. The highest BCUT2D eigenvalue weighted by Gasteiger charge is 2.56. The highest BCUT2D eigenvalue weighted by molar-refractivity contribution is 7.99. The number of aromatic nitrogens is 1. The highest BCUT2D eigenvalue weighted by atomic mass is 32.2. The first-order chi connectivity index (χ1) is 16.5. The number of carbonyl (C=O) groups is 2. The Morgan fingerprint density at radius 1 is 0.971 bits per heavy atom. The number of fused-ring (bicyclic) bond motifs is 1. The lowest BCUT2D eigenvalue weighted by molar-refractivity contribution is -0.131. The molecule has 174 valence electrons. The molecular weight excluding hydrogens is 455 g/mol. The fourth-order valence-corrected chi connectivity index (χ4v) is 4.69. The Labute approximate surface area is 200 Å². The third-order valence-corrected chi connectivity index (χ3v) is 6.97. The Bertz CT molecular complexity index is 1210. The van der Waals surface area contributed by atoms with E-state index >= 15 is 0 Å². The number of thioether (sulfide) groups is 1. The van der Waals surface area contributed by atoms with Gasteiger partial charge in [-0.2, -0.15) is 0 Å². The fraction of sp³-hybridized carbons (Fsp3) is 0.240. The van der Waals surface area contributed by atoms with E-state index in [2.05, 4.69) is 20.9 Å². The second-order valence-electron chi connectivity index (χ2n) is 8.24. The van der Waals surface area contributed by atoms with E-state index in [1.54, 1.807) is 42.2 Å². The fourth-order valence-electron chi connectivity index (χ4n) is 3.68. The molecule has 0 spiro atoms. The van der Waals surface area contributed by atoms with E-state index in [1.165, 1.54) is 24.3 Å². The minimum absolute atomic E-state index is 0.359. The van der Waals surface area contributed by atoms with Crippen LogP contribution in [0, 0.1) is 11.2 Å². The van der Waals surface area contributed by atoms with Gasteiger partial charge < -0.3 is 20.7 Å². The van der Waals surface area contributed by atoms with Crippen LogP contribution in [0.1, 0.15) is 19.3 Å². The number of hydrogen-bond acceptors (Lipinski definition) is 6. The lowest BCUT2D eigenvalue weighted by Crippen LogP contribution is -2.35. The van der Waals surface area contributed by atoms with Gasteiger partial charge in [-0.05, 0) is 73.5 Å². The second-order valence-corrected chi connectivity index (χ2v) is 9.34. The van der Waals surface area contributed by atoms with Gasteiger partial charge in [0.05, 0.1) is 4.90 Å². The van der Waals surface area contributed by atoms with Gasteiger partial charge in [0, 0.05) is 30.2 Å². The molecule has 0 atom stereocenters. The average Bonchev–Trinajstić information content (AvgIpc) is 3.67. The van der Waals surface area contributed by atoms with E-state index in [-0.39, 0.29) is 17.6 Å². The molecule has 1 aromatic heterocycles. The molecule has 0 bridgehead atoms. The van der Waals surface area contributed by atoms with Crippen molar-refractivity contribution in [2.75, 3.05) is 28.2 Å². The predicted molar refractivity (Wildman–Crippen MR) is 130 cm³/mol. The molecule has 2 aromatic carbocycles. The minimum Gasteiger partial charge on any atom is -0.456 e. The first kappa shape index (κ1) is 22.2. The van der Waals surface area contributed by atoms with Crippen LogP contribution < -0.4 is 20.7 Å². The summed E-state index contributed by atoms with van der Waals surface area (Å²) in [7, 11) is 0. The van der Waals surface area contributed by atoms with Gasteiger partial charge in [0.15, 0.2) is 0 Å². The van der Waals surface area contributed by atoms with Gasteiger partial charge in [0.25, 0.3) is 0 Å². The molecule has 5 rings (SSSR count). The maximum atomic E-state index is 13.1. The zero-order chi connectivity index (χ0) is 23.5. The zero-order valence-corrected chi connectivity index (χ0v) is 19.1. The van der Waals surface area contributed by atoms with Crippen molar-refractivity contribution in [3.8, 4) is 11.5 Å². The van der Waals surface area contributed by atoms with Crippen LogP contribution in [-0.2, 0) is 9.59 Å². The van der Waals surface area contributed by atoms with Crippen LogP contribution in [0.4, 0.5) is 21.6 Å². The molecule has 1 aliphatic carbocycles. The molecule has 1 fully saturated rings. The second kappa shape index (κ2) is 9.34. The van der Waals surface area contributed by atoms with Gasteiger partial charge in [-0.3, -0.25) is 9.59 Å². The van der Waals surface area contributed by atoms with Crippen LogP contribution in [0.5, 0.6) is 11.5 Å². The van der Waals surface area contributed by atoms with Crippen molar-refractivity contribution >= 4 is 40.8 Å². The van der Waals surface area contributed by atoms with Crippen molar-refractivity contribution in [2.24, 2.45) is 5.41 Å². The minimum atomic E-state index is -1.11. The first-order valence-corrected chi connectivity index (χ1v) is 12.0. The van der Waals surface area contributed by atoms with Gasteiger partial charge in [-0.25, -0.2) is 9.37 Å². The van der Waals surface area contributed by atoms with E-state index in [4.69, 9.17) is 4.74 Å². The first-order valence-electron chi connectivity index (χ1n) is 11.1. The van der Waals surface area contributed by atoms with Crippen LogP contribution in [0.15, 0.2) is 65.7 Å². The average molecular weight is 479 g/mol. The number of carbonyl (C=O) groups excluding carboxylic acids is 2. The molecule has 1 saturated carbocycles. The Morgan fingerprint density at radius 2 is 1.62 bits per heavy atom. The summed E-state index contributed by atoms with van der Waals surface area (Å²) in [5.74, 6) is 2.05. The number of ether oxygens (including phenoxy) is 1. The van der Waals surface area contributed by atoms with Crippen molar-refractivity contribution in [1.82, 2.24) is 4.98 Å². The largest absolute Gasteiger partial charge is 0.456 e. The summed E-state index contributed by atoms with van der Waals surface area (Å²) in [5, 5.41) is 8.86. The quantitative estimate of drug-likeness (QED) is 0.418. The molecule has 7 nitrogen and oxygen atoms in total. The Balaban J connectivity index is 1.23. The van der Waals surface area contributed by atoms with Crippen LogP contribution in [0.3, 0.4) is 0 Å². The Kier molecular flexibility index (Phi) is 6.10. The van der Waals surface area contributed by atoms with Gasteiger partial charge in [-0.15, -0.1) is 11.8 Å². The number of hydrogen-bond donors (Lipinski definition) is 3. The summed E-state index contributed by atoms with van der Waals surface area (Å²) in [5.41, 5.74) is -0.0836. The standard InChI is InChI=1S/C25H23FN4O3S/c26-16-2-4-17(5-3-16)29-23(31)25(11-12-25)24(32)30-18-6-8-19(9-7-18)33-20-10-14-28-22-21(20)34-15-1-13-27-22/h2-10,14H,1,11-13,15H2,(H,27,28)(H,29,31)(H,30,32). The number of nitrogens with zero attached hydrogens (tertiary/aromatic N) is 1. The normalized spacial score (nSPS) is 15.8. The monoisotopic (exact) mass is 478 g/mol. The maximum absolute atomic E-state index is 13.1. The Morgan fingerprint density at radius 3 is 2.26 bits per heavy atom. The molecule has 9 heteroatoms. The van der Waals surface area contributed by atoms with Gasteiger partial charge in [0.1, 0.15) is 28.5 Å². The van der Waals surface area contributed by atoms with Gasteiger partial charge >= 0.3 is 0 Å². The molecule has 1 aliphatic heterocycles. The van der Waals surface area contributed by atoms with Crippen molar-refractivity contribution in [2.45, 2.75) is 24.2 Å². The molecule has 2 amide bonds. The van der Waals surface area contributed by atoms with Crippen LogP contribution >= 0.6 is 11.8 Å². The molecular formula is C25H23FN4O3S. The molecule has 2 aliphatic rings. The van der Waals surface area contributed by atoms with Crippen molar-refractivity contribution in [3.05, 3.63) is 66.6 Å². The van der Waals surface area contributed by atoms with Crippen molar-refractivity contribution in [1.29, 1.82) is 0 Å². The summed E-state index contributed by atoms with van der Waals surface area (Å²) in [6, 6.07) is 14.3. The number of pyridine rings is 1. The topological polar surface area (TPSA) is 92.4 Å². The molecule has 0 unspecified atom stereocenters. The van der Waals surface area contributed by atoms with Crippen LogP contribution in [0.2, 0.25) is 0 Å². The summed E-state index contributed by atoms with van der Waals surface area (Å²) < 4.78 is 19.2. The van der Waals surface area contributed by atoms with E-state index in [9.17, 15) is 14.0 Å². The van der Waals surface area contributed by atoms with E-state index in [1.807, 2.05) is 6.07 Å². The molecule has 3 N–H and O–H groups in total. The summed E-state index contributed by atoms with van der Waals surface area (Å²) in [6.07, 6.45) is 3.70. The predicted octanol–water partition coefficient (Wildman–Crippen LogP) is 5.28. The number of halogens is 1. The lowest BCUT2D eigenvalue weighted by atomic mass is 10.0. The van der Waals surface area contributed by atoms with E-state index in [0.29, 0.717) is 30.0 Å². The number of amides is 2. The zero-order valence-electron chi connectivity index (χ0n) is 18.3. The summed E-state index contributed by atoms with van der Waals surface area (Å²) in [4.78, 5) is 31.0.